The topological polar surface area (TPSA) is 60.4 Å². The van der Waals surface area contributed by atoms with Gasteiger partial charge in [-0.15, -0.1) is 0 Å². The Morgan fingerprint density at radius 3 is 1.77 bits per heavy atom. The van der Waals surface area contributed by atoms with E-state index in [1.165, 1.54) is 14.0 Å². The van der Waals surface area contributed by atoms with Crippen LogP contribution in [-0.2, 0) is 4.79 Å². The number of methoxy groups -OCH3 is 1. The molecule has 0 saturated heterocycles. The van der Waals surface area contributed by atoms with Gasteiger partial charge in [0.05, 0.1) is 7.11 Å². The molecule has 0 saturated carbocycles. The van der Waals surface area contributed by atoms with Crippen molar-refractivity contribution < 1.29 is 19.1 Å². The third-order valence-electron chi connectivity index (χ3n) is 3.36. The molecule has 0 N–H and O–H groups in total. The Labute approximate surface area is 128 Å². The van der Waals surface area contributed by atoms with Crippen LogP contribution >= 0.6 is 0 Å². The standard InChI is InChI=1S/C18H16O4/c1-12(19)16(17(20)13-6-4-3-5-7-13)18(21)14-8-10-15(22-2)11-9-14/h3-11,16H,1-2H3. The van der Waals surface area contributed by atoms with Crippen molar-refractivity contribution in [1.29, 1.82) is 0 Å². The van der Waals surface area contributed by atoms with Gasteiger partial charge in [-0.3, -0.25) is 14.4 Å². The summed E-state index contributed by atoms with van der Waals surface area (Å²) >= 11 is 0. The van der Waals surface area contributed by atoms with Gasteiger partial charge in [-0.05, 0) is 31.2 Å². The first-order valence-corrected chi connectivity index (χ1v) is 6.82. The fraction of sp³-hybridized carbons (Fsp3) is 0.167. The van der Waals surface area contributed by atoms with E-state index in [0.29, 0.717) is 16.9 Å². The van der Waals surface area contributed by atoms with Crippen LogP contribution in [0.2, 0.25) is 0 Å². The van der Waals surface area contributed by atoms with E-state index in [1.54, 1.807) is 54.6 Å². The van der Waals surface area contributed by atoms with Crippen LogP contribution in [0.5, 0.6) is 5.75 Å². The van der Waals surface area contributed by atoms with Crippen LogP contribution in [-0.4, -0.2) is 24.5 Å². The highest BCUT2D eigenvalue weighted by atomic mass is 16.5. The lowest BCUT2D eigenvalue weighted by Crippen LogP contribution is -2.30. The number of ketones is 3. The summed E-state index contributed by atoms with van der Waals surface area (Å²) in [4.78, 5) is 36.8. The quantitative estimate of drug-likeness (QED) is 0.607. The van der Waals surface area contributed by atoms with Crippen LogP contribution in [0.1, 0.15) is 27.6 Å². The summed E-state index contributed by atoms with van der Waals surface area (Å²) in [6, 6.07) is 14.7. The Morgan fingerprint density at radius 1 is 0.818 bits per heavy atom. The van der Waals surface area contributed by atoms with E-state index in [9.17, 15) is 14.4 Å². The number of hydrogen-bond acceptors (Lipinski definition) is 4. The molecule has 112 valence electrons. The molecule has 1 atom stereocenters. The third-order valence-corrected chi connectivity index (χ3v) is 3.36. The molecule has 0 spiro atoms. The molecule has 2 aromatic carbocycles. The maximum atomic E-state index is 12.5. The van der Waals surface area contributed by atoms with Crippen molar-refractivity contribution in [2.24, 2.45) is 5.92 Å². The first-order chi connectivity index (χ1) is 10.5. The Balaban J connectivity index is 2.33. The number of rotatable bonds is 6. The fourth-order valence-corrected chi connectivity index (χ4v) is 2.18. The average Bonchev–Trinajstić information content (AvgIpc) is 2.55. The maximum Gasteiger partial charge on any atom is 0.181 e. The molecule has 0 aliphatic carbocycles. The molecule has 0 aromatic heterocycles. The van der Waals surface area contributed by atoms with Gasteiger partial charge in [-0.2, -0.15) is 0 Å². The van der Waals surface area contributed by atoms with Crippen LogP contribution < -0.4 is 4.74 Å². The van der Waals surface area contributed by atoms with Crippen molar-refractivity contribution in [3.63, 3.8) is 0 Å². The second kappa shape index (κ2) is 6.80. The monoisotopic (exact) mass is 296 g/mol. The van der Waals surface area contributed by atoms with E-state index >= 15 is 0 Å². The minimum absolute atomic E-state index is 0.310. The highest BCUT2D eigenvalue weighted by molar-refractivity contribution is 6.27. The van der Waals surface area contributed by atoms with E-state index in [0.717, 1.165) is 0 Å². The molecule has 1 unspecified atom stereocenters. The van der Waals surface area contributed by atoms with Crippen LogP contribution in [0.3, 0.4) is 0 Å². The third kappa shape index (κ3) is 3.28. The van der Waals surface area contributed by atoms with E-state index in [4.69, 9.17) is 4.74 Å². The molecular weight excluding hydrogens is 280 g/mol. The van der Waals surface area contributed by atoms with Crippen molar-refractivity contribution in [3.05, 3.63) is 65.7 Å². The predicted octanol–water partition coefficient (Wildman–Crippen LogP) is 2.97. The Morgan fingerprint density at radius 2 is 1.32 bits per heavy atom. The molecule has 2 aromatic rings. The smallest absolute Gasteiger partial charge is 0.181 e. The normalized spacial score (nSPS) is 11.5. The van der Waals surface area contributed by atoms with E-state index < -0.39 is 23.3 Å². The minimum Gasteiger partial charge on any atom is -0.497 e. The summed E-state index contributed by atoms with van der Waals surface area (Å²) in [6.07, 6.45) is 0. The highest BCUT2D eigenvalue weighted by Gasteiger charge is 2.32. The Kier molecular flexibility index (Phi) is 4.84. The van der Waals surface area contributed by atoms with Gasteiger partial charge in [0.1, 0.15) is 17.5 Å². The van der Waals surface area contributed by atoms with Gasteiger partial charge in [0.2, 0.25) is 0 Å². The zero-order valence-corrected chi connectivity index (χ0v) is 12.4. The molecule has 0 radical (unpaired) electrons. The average molecular weight is 296 g/mol. The Bertz CT molecular complexity index is 687. The first kappa shape index (κ1) is 15.6. The molecule has 0 amide bonds. The van der Waals surface area contributed by atoms with Gasteiger partial charge in [-0.1, -0.05) is 30.3 Å². The lowest BCUT2D eigenvalue weighted by atomic mass is 9.87. The molecule has 4 heteroatoms. The number of hydrogen-bond donors (Lipinski definition) is 0. The maximum absolute atomic E-state index is 12.5. The largest absolute Gasteiger partial charge is 0.497 e. The zero-order chi connectivity index (χ0) is 16.1. The summed E-state index contributed by atoms with van der Waals surface area (Å²) in [7, 11) is 1.52. The lowest BCUT2D eigenvalue weighted by molar-refractivity contribution is -0.118. The number of ether oxygens (including phenoxy) is 1. The van der Waals surface area contributed by atoms with E-state index in [-0.39, 0.29) is 0 Å². The van der Waals surface area contributed by atoms with Crippen molar-refractivity contribution in [2.45, 2.75) is 6.92 Å². The van der Waals surface area contributed by atoms with Crippen LogP contribution in [0.15, 0.2) is 54.6 Å². The number of carbonyl (C=O) groups is 3. The van der Waals surface area contributed by atoms with Gasteiger partial charge in [0.25, 0.3) is 0 Å². The number of carbonyl (C=O) groups excluding carboxylic acids is 3. The number of Topliss-reactive ketones (excluding diaryl/α,β-unsaturated/α-hetero) is 3. The zero-order valence-electron chi connectivity index (χ0n) is 12.4. The lowest BCUT2D eigenvalue weighted by Gasteiger charge is -2.12. The summed E-state index contributed by atoms with van der Waals surface area (Å²) in [5.74, 6) is -2.14. The second-order valence-corrected chi connectivity index (χ2v) is 4.87. The van der Waals surface area contributed by atoms with Crippen molar-refractivity contribution in [3.8, 4) is 5.75 Å². The van der Waals surface area contributed by atoms with Gasteiger partial charge in [-0.25, -0.2) is 0 Å². The summed E-state index contributed by atoms with van der Waals surface area (Å²) in [6.45, 7) is 1.26. The summed E-state index contributed by atoms with van der Waals surface area (Å²) in [5, 5.41) is 0. The van der Waals surface area contributed by atoms with Crippen molar-refractivity contribution >= 4 is 17.3 Å². The van der Waals surface area contributed by atoms with Crippen LogP contribution in [0, 0.1) is 5.92 Å². The van der Waals surface area contributed by atoms with Crippen molar-refractivity contribution in [1.82, 2.24) is 0 Å². The summed E-state index contributed by atoms with van der Waals surface area (Å²) in [5.41, 5.74) is 0.662. The predicted molar refractivity (Wildman–Crippen MR) is 82.3 cm³/mol. The van der Waals surface area contributed by atoms with Crippen LogP contribution in [0.25, 0.3) is 0 Å². The van der Waals surface area contributed by atoms with E-state index in [2.05, 4.69) is 0 Å². The molecule has 4 nitrogen and oxygen atoms in total. The fourth-order valence-electron chi connectivity index (χ4n) is 2.18. The molecule has 0 bridgehead atoms. The summed E-state index contributed by atoms with van der Waals surface area (Å²) < 4.78 is 5.03. The van der Waals surface area contributed by atoms with E-state index in [1.807, 2.05) is 0 Å². The molecule has 0 aliphatic heterocycles. The SMILES string of the molecule is COc1ccc(C(=O)C(C(C)=O)C(=O)c2ccccc2)cc1. The molecule has 22 heavy (non-hydrogen) atoms. The molecule has 0 aliphatic rings. The van der Waals surface area contributed by atoms with Gasteiger partial charge in [0.15, 0.2) is 11.6 Å². The first-order valence-electron chi connectivity index (χ1n) is 6.82. The number of benzene rings is 2. The van der Waals surface area contributed by atoms with Gasteiger partial charge >= 0.3 is 0 Å². The molecular formula is C18H16O4. The highest BCUT2D eigenvalue weighted by Crippen LogP contribution is 2.19. The van der Waals surface area contributed by atoms with Gasteiger partial charge in [0, 0.05) is 11.1 Å². The second-order valence-electron chi connectivity index (χ2n) is 4.87. The minimum atomic E-state index is -1.31. The van der Waals surface area contributed by atoms with Crippen LogP contribution in [0.4, 0.5) is 0 Å². The van der Waals surface area contributed by atoms with Crippen molar-refractivity contribution in [2.75, 3.05) is 7.11 Å². The molecule has 0 fully saturated rings. The van der Waals surface area contributed by atoms with Gasteiger partial charge < -0.3 is 4.74 Å². The Hall–Kier alpha value is -2.75. The molecule has 0 heterocycles. The molecule has 2 rings (SSSR count).